The summed E-state index contributed by atoms with van der Waals surface area (Å²) in [6, 6.07) is 0. The third-order valence-electron chi connectivity index (χ3n) is 4.49. The first-order chi connectivity index (χ1) is 6.80. The van der Waals surface area contributed by atoms with E-state index >= 15 is 0 Å². The van der Waals surface area contributed by atoms with Crippen LogP contribution in [0.25, 0.3) is 0 Å². The molecule has 5 fully saturated rings. The van der Waals surface area contributed by atoms with Gasteiger partial charge >= 0.3 is 5.97 Å². The summed E-state index contributed by atoms with van der Waals surface area (Å²) in [4.78, 5) is 11.7. The molecule has 4 unspecified atom stereocenters. The maximum absolute atomic E-state index is 11.7. The molecular formula is C10H12O4. The third-order valence-corrected chi connectivity index (χ3v) is 4.49. The van der Waals surface area contributed by atoms with Crippen LogP contribution >= 0.6 is 0 Å². The maximum Gasteiger partial charge on any atom is 0.338 e. The molecule has 0 aromatic rings. The van der Waals surface area contributed by atoms with E-state index in [0.29, 0.717) is 23.7 Å². The first-order valence-electron chi connectivity index (χ1n) is 5.14. The zero-order valence-electron chi connectivity index (χ0n) is 7.93. The van der Waals surface area contributed by atoms with Crippen molar-refractivity contribution in [2.45, 2.75) is 11.7 Å². The van der Waals surface area contributed by atoms with Gasteiger partial charge in [-0.2, -0.15) is 0 Å². The van der Waals surface area contributed by atoms with E-state index in [2.05, 4.69) is 0 Å². The fourth-order valence-electron chi connectivity index (χ4n) is 4.09. The van der Waals surface area contributed by atoms with Crippen molar-refractivity contribution in [1.82, 2.24) is 0 Å². The molecule has 76 valence electrons. The largest absolute Gasteiger partial charge is 0.467 e. The number of rotatable bonds is 1. The van der Waals surface area contributed by atoms with E-state index in [1.807, 2.05) is 0 Å². The summed E-state index contributed by atoms with van der Waals surface area (Å²) in [5.41, 5.74) is -0.543. The SMILES string of the molecule is COC(=O)C12OC3C4COCC3C1C42. The van der Waals surface area contributed by atoms with Gasteiger partial charge in [-0.3, -0.25) is 0 Å². The van der Waals surface area contributed by atoms with Gasteiger partial charge in [-0.15, -0.1) is 0 Å². The summed E-state index contributed by atoms with van der Waals surface area (Å²) in [5.74, 6) is 1.54. The first kappa shape index (κ1) is 7.65. The first-order valence-corrected chi connectivity index (χ1v) is 5.14. The van der Waals surface area contributed by atoms with Crippen LogP contribution in [-0.2, 0) is 19.0 Å². The molecule has 2 saturated carbocycles. The van der Waals surface area contributed by atoms with Crippen LogP contribution in [0.5, 0.6) is 0 Å². The number of methoxy groups -OCH3 is 1. The van der Waals surface area contributed by atoms with Gasteiger partial charge in [0.15, 0.2) is 5.60 Å². The topological polar surface area (TPSA) is 44.8 Å². The normalized spacial score (nSPS) is 61.4. The Bertz CT molecular complexity index is 308. The van der Waals surface area contributed by atoms with E-state index in [-0.39, 0.29) is 12.1 Å². The lowest BCUT2D eigenvalue weighted by molar-refractivity contribution is -0.156. The molecule has 4 atom stereocenters. The summed E-state index contributed by atoms with van der Waals surface area (Å²) < 4.78 is 16.2. The fraction of sp³-hybridized carbons (Fsp3) is 0.900. The Morgan fingerprint density at radius 3 is 2.50 bits per heavy atom. The number of esters is 1. The lowest BCUT2D eigenvalue weighted by Gasteiger charge is -2.24. The van der Waals surface area contributed by atoms with Crippen LogP contribution in [0.2, 0.25) is 0 Å². The van der Waals surface area contributed by atoms with E-state index < -0.39 is 5.60 Å². The molecule has 0 N–H and O–H groups in total. The lowest BCUT2D eigenvalue weighted by atomic mass is 9.92. The minimum absolute atomic E-state index is 0.163. The van der Waals surface area contributed by atoms with Crippen LogP contribution in [0.3, 0.4) is 0 Å². The van der Waals surface area contributed by atoms with Gasteiger partial charge in [0, 0.05) is 23.7 Å². The highest BCUT2D eigenvalue weighted by molar-refractivity contribution is 5.86. The van der Waals surface area contributed by atoms with Gasteiger partial charge in [-0.25, -0.2) is 4.79 Å². The molecule has 0 aromatic carbocycles. The average Bonchev–Trinajstić information content (AvgIpc) is 2.46. The molecule has 4 nitrogen and oxygen atoms in total. The van der Waals surface area contributed by atoms with E-state index in [1.54, 1.807) is 0 Å². The van der Waals surface area contributed by atoms with E-state index in [9.17, 15) is 4.79 Å². The molecule has 5 rings (SSSR count). The summed E-state index contributed by atoms with van der Waals surface area (Å²) >= 11 is 0. The Morgan fingerprint density at radius 2 is 2.00 bits per heavy atom. The van der Waals surface area contributed by atoms with Gasteiger partial charge in [0.05, 0.1) is 26.4 Å². The highest BCUT2D eigenvalue weighted by atomic mass is 16.6. The predicted octanol–water partition coefficient (Wildman–Crippen LogP) is -0.181. The minimum atomic E-state index is -0.543. The molecule has 5 aliphatic rings. The molecule has 0 radical (unpaired) electrons. The van der Waals surface area contributed by atoms with E-state index in [0.717, 1.165) is 13.2 Å². The van der Waals surface area contributed by atoms with Crippen LogP contribution in [-0.4, -0.2) is 38.0 Å². The molecule has 0 aromatic heterocycles. The van der Waals surface area contributed by atoms with Gasteiger partial charge in [0.25, 0.3) is 0 Å². The number of hydrogen-bond acceptors (Lipinski definition) is 4. The second-order valence-corrected chi connectivity index (χ2v) is 4.78. The Hall–Kier alpha value is -0.610. The van der Waals surface area contributed by atoms with Crippen LogP contribution in [0.4, 0.5) is 0 Å². The quantitative estimate of drug-likeness (QED) is 0.546. The number of hydrogen-bond donors (Lipinski definition) is 0. The molecule has 3 saturated heterocycles. The number of ether oxygens (including phenoxy) is 3. The third kappa shape index (κ3) is 0.525. The molecule has 3 aliphatic heterocycles. The van der Waals surface area contributed by atoms with Crippen LogP contribution < -0.4 is 0 Å². The van der Waals surface area contributed by atoms with Gasteiger partial charge in [-0.1, -0.05) is 0 Å². The highest BCUT2D eigenvalue weighted by Gasteiger charge is 2.89. The van der Waals surface area contributed by atoms with E-state index in [1.165, 1.54) is 7.11 Å². The van der Waals surface area contributed by atoms with Crippen LogP contribution in [0.1, 0.15) is 0 Å². The zero-order chi connectivity index (χ0) is 9.50. The van der Waals surface area contributed by atoms with Gasteiger partial charge in [0.2, 0.25) is 0 Å². The molecule has 2 aliphatic carbocycles. The standard InChI is InChI=1S/C10H12O4/c1-12-9(11)10-6-4-2-13-3-5(7(6)10)8(4)14-10/h4-8H,2-3H2,1H3. The molecule has 3 heterocycles. The molecule has 0 amide bonds. The van der Waals surface area contributed by atoms with Crippen molar-refractivity contribution in [1.29, 1.82) is 0 Å². The Kier molecular flexibility index (Phi) is 1.09. The van der Waals surface area contributed by atoms with Crippen molar-refractivity contribution in [2.24, 2.45) is 23.7 Å². The molecule has 4 heteroatoms. The zero-order valence-corrected chi connectivity index (χ0v) is 7.93. The Labute approximate surface area is 81.5 Å². The predicted molar refractivity (Wildman–Crippen MR) is 44.4 cm³/mol. The summed E-state index contributed by atoms with van der Waals surface area (Å²) in [6.07, 6.45) is 0.276. The van der Waals surface area contributed by atoms with Gasteiger partial charge < -0.3 is 14.2 Å². The van der Waals surface area contributed by atoms with Crippen molar-refractivity contribution < 1.29 is 19.0 Å². The fourth-order valence-corrected chi connectivity index (χ4v) is 4.09. The van der Waals surface area contributed by atoms with E-state index in [4.69, 9.17) is 14.2 Å². The lowest BCUT2D eigenvalue weighted by Crippen LogP contribution is -2.32. The second kappa shape index (κ2) is 1.99. The van der Waals surface area contributed by atoms with Gasteiger partial charge in [0.1, 0.15) is 0 Å². The minimum Gasteiger partial charge on any atom is -0.467 e. The summed E-state index contributed by atoms with van der Waals surface area (Å²) in [6.45, 7) is 1.53. The number of carbonyl (C=O) groups is 1. The second-order valence-electron chi connectivity index (χ2n) is 4.78. The summed E-state index contributed by atoms with van der Waals surface area (Å²) in [5, 5.41) is 0. The summed E-state index contributed by atoms with van der Waals surface area (Å²) in [7, 11) is 1.44. The molecular weight excluding hydrogens is 184 g/mol. The molecule has 0 spiro atoms. The van der Waals surface area contributed by atoms with Crippen LogP contribution in [0, 0.1) is 23.7 Å². The Morgan fingerprint density at radius 1 is 1.36 bits per heavy atom. The van der Waals surface area contributed by atoms with Crippen molar-refractivity contribution in [3.63, 3.8) is 0 Å². The van der Waals surface area contributed by atoms with Crippen molar-refractivity contribution in [3.8, 4) is 0 Å². The van der Waals surface area contributed by atoms with Crippen molar-refractivity contribution in [2.75, 3.05) is 20.3 Å². The maximum atomic E-state index is 11.7. The Balaban J connectivity index is 1.76. The molecule has 6 bridgehead atoms. The number of carbonyl (C=O) groups excluding carboxylic acids is 1. The molecule has 14 heavy (non-hydrogen) atoms. The smallest absolute Gasteiger partial charge is 0.338 e. The van der Waals surface area contributed by atoms with Crippen molar-refractivity contribution in [3.05, 3.63) is 0 Å². The average molecular weight is 196 g/mol. The van der Waals surface area contributed by atoms with Gasteiger partial charge in [-0.05, 0) is 0 Å². The monoisotopic (exact) mass is 196 g/mol. The van der Waals surface area contributed by atoms with Crippen LogP contribution in [0.15, 0.2) is 0 Å². The van der Waals surface area contributed by atoms with Crippen molar-refractivity contribution >= 4 is 5.97 Å². The highest BCUT2D eigenvalue weighted by Crippen LogP contribution is 2.76.